The van der Waals surface area contributed by atoms with E-state index in [1.54, 1.807) is 48.5 Å². The summed E-state index contributed by atoms with van der Waals surface area (Å²) in [6, 6.07) is 19.9. The second kappa shape index (κ2) is 8.60. The van der Waals surface area contributed by atoms with E-state index >= 15 is 0 Å². The summed E-state index contributed by atoms with van der Waals surface area (Å²) in [6.07, 6.45) is 3.89. The minimum Gasteiger partial charge on any atom is -0.452 e. The lowest BCUT2D eigenvalue weighted by Gasteiger charge is -2.06. The van der Waals surface area contributed by atoms with E-state index in [4.69, 9.17) is 21.1 Å². The van der Waals surface area contributed by atoms with Gasteiger partial charge in [0.2, 0.25) is 5.78 Å². The Balaban J connectivity index is 1.36. The number of esters is 1. The molecule has 1 aliphatic rings. The van der Waals surface area contributed by atoms with E-state index in [9.17, 15) is 9.59 Å². The van der Waals surface area contributed by atoms with E-state index in [-0.39, 0.29) is 18.0 Å². The minimum absolute atomic E-state index is 0.112. The molecule has 3 aromatic carbocycles. The molecular weight excluding hydrogens is 438 g/mol. The summed E-state index contributed by atoms with van der Waals surface area (Å²) >= 11 is 5.88. The van der Waals surface area contributed by atoms with E-state index in [0.29, 0.717) is 22.1 Å². The predicted octanol–water partition coefficient (Wildman–Crippen LogP) is 6.08. The van der Waals surface area contributed by atoms with Crippen LogP contribution in [0, 0.1) is 0 Å². The van der Waals surface area contributed by atoms with Gasteiger partial charge >= 0.3 is 5.97 Å². The molecule has 6 heteroatoms. The highest BCUT2D eigenvalue weighted by molar-refractivity contribution is 6.30. The second-order valence-electron chi connectivity index (χ2n) is 7.76. The molecule has 0 amide bonds. The van der Waals surface area contributed by atoms with E-state index in [1.165, 1.54) is 0 Å². The first-order valence-electron chi connectivity index (χ1n) is 10.6. The van der Waals surface area contributed by atoms with Crippen molar-refractivity contribution in [2.45, 2.75) is 19.9 Å². The molecule has 4 aromatic rings. The predicted molar refractivity (Wildman–Crippen MR) is 128 cm³/mol. The first kappa shape index (κ1) is 21.0. The Labute approximate surface area is 195 Å². The second-order valence-corrected chi connectivity index (χ2v) is 8.20. The van der Waals surface area contributed by atoms with Crippen molar-refractivity contribution in [2.75, 3.05) is 0 Å². The summed E-state index contributed by atoms with van der Waals surface area (Å²) in [7, 11) is 0. The van der Waals surface area contributed by atoms with Crippen molar-refractivity contribution in [3.05, 3.63) is 100 Å². The van der Waals surface area contributed by atoms with Crippen molar-refractivity contribution in [3.63, 3.8) is 0 Å². The number of nitrogens with zero attached hydrogens (tertiary/aromatic N) is 1. The fourth-order valence-corrected chi connectivity index (χ4v) is 4.09. The number of aromatic nitrogens is 1. The Kier molecular flexibility index (Phi) is 5.48. The van der Waals surface area contributed by atoms with Crippen LogP contribution >= 0.6 is 11.6 Å². The molecule has 0 saturated carbocycles. The number of ether oxygens (including phenoxy) is 2. The molecule has 0 radical (unpaired) electrons. The Bertz CT molecular complexity index is 1420. The third kappa shape index (κ3) is 4.15. The molecule has 164 valence electrons. The standard InChI is InChI=1S/C27H20ClNO4/c1-2-29-16-18(21-5-3-4-6-23(21)29)14-25-27(31)22-12-11-20(15-24(22)33-25)32-26(30)13-17-7-9-19(28)10-8-17/h3-12,14-16H,2,13H2,1H3/b25-14-. The zero-order chi connectivity index (χ0) is 22.9. The molecule has 0 fully saturated rings. The van der Waals surface area contributed by atoms with Gasteiger partial charge in [0.15, 0.2) is 5.76 Å². The molecule has 0 spiro atoms. The molecule has 5 rings (SSSR count). The number of halogens is 1. The highest BCUT2D eigenvalue weighted by atomic mass is 35.5. The molecule has 0 saturated heterocycles. The van der Waals surface area contributed by atoms with Gasteiger partial charge in [0.25, 0.3) is 0 Å². The van der Waals surface area contributed by atoms with Gasteiger partial charge in [0.05, 0.1) is 12.0 Å². The summed E-state index contributed by atoms with van der Waals surface area (Å²) in [6.45, 7) is 2.90. The number of ketones is 1. The maximum Gasteiger partial charge on any atom is 0.315 e. The number of carbonyl (C=O) groups is 2. The number of Topliss-reactive ketones (excluding diaryl/α,β-unsaturated/α-hetero) is 1. The smallest absolute Gasteiger partial charge is 0.315 e. The highest BCUT2D eigenvalue weighted by Crippen LogP contribution is 2.36. The average Bonchev–Trinajstić information content (AvgIpc) is 3.32. The van der Waals surface area contributed by atoms with Gasteiger partial charge in [-0.3, -0.25) is 9.59 Å². The molecule has 2 heterocycles. The maximum atomic E-state index is 12.9. The molecule has 0 atom stereocenters. The fourth-order valence-electron chi connectivity index (χ4n) is 3.96. The molecular formula is C27H20ClNO4. The normalized spacial score (nSPS) is 13.9. The summed E-state index contributed by atoms with van der Waals surface area (Å²) in [5.41, 5.74) is 3.26. The van der Waals surface area contributed by atoms with Gasteiger partial charge in [-0.2, -0.15) is 0 Å². The first-order chi connectivity index (χ1) is 16.0. The topological polar surface area (TPSA) is 57.5 Å². The molecule has 1 aliphatic heterocycles. The summed E-state index contributed by atoms with van der Waals surface area (Å²) in [5, 5.41) is 1.66. The first-order valence-corrected chi connectivity index (χ1v) is 11.0. The highest BCUT2D eigenvalue weighted by Gasteiger charge is 2.28. The van der Waals surface area contributed by atoms with Crippen LogP contribution in [0.1, 0.15) is 28.4 Å². The number of aryl methyl sites for hydroxylation is 1. The van der Waals surface area contributed by atoms with Crippen LogP contribution in [0.4, 0.5) is 0 Å². The zero-order valence-corrected chi connectivity index (χ0v) is 18.6. The van der Waals surface area contributed by atoms with Gasteiger partial charge < -0.3 is 14.0 Å². The third-order valence-corrected chi connectivity index (χ3v) is 5.83. The number of allylic oxidation sites excluding steroid dienone is 1. The molecule has 33 heavy (non-hydrogen) atoms. The lowest BCUT2D eigenvalue weighted by atomic mass is 10.1. The van der Waals surface area contributed by atoms with Crippen LogP contribution in [-0.4, -0.2) is 16.3 Å². The molecule has 0 bridgehead atoms. The van der Waals surface area contributed by atoms with Crippen LogP contribution < -0.4 is 9.47 Å². The van der Waals surface area contributed by atoms with Crippen LogP contribution in [0.2, 0.25) is 5.02 Å². The van der Waals surface area contributed by atoms with Crippen molar-refractivity contribution in [2.24, 2.45) is 0 Å². The lowest BCUT2D eigenvalue weighted by Crippen LogP contribution is -2.11. The Morgan fingerprint density at radius 1 is 1.09 bits per heavy atom. The van der Waals surface area contributed by atoms with Gasteiger partial charge in [-0.25, -0.2) is 0 Å². The summed E-state index contributed by atoms with van der Waals surface area (Å²) in [4.78, 5) is 25.2. The largest absolute Gasteiger partial charge is 0.452 e. The molecule has 1 aromatic heterocycles. The van der Waals surface area contributed by atoms with E-state index in [2.05, 4.69) is 17.6 Å². The number of benzene rings is 3. The maximum absolute atomic E-state index is 12.9. The van der Waals surface area contributed by atoms with Crippen molar-refractivity contribution < 1.29 is 19.1 Å². The van der Waals surface area contributed by atoms with Crippen LogP contribution in [0.25, 0.3) is 17.0 Å². The number of para-hydroxylation sites is 1. The lowest BCUT2D eigenvalue weighted by molar-refractivity contribution is -0.133. The Morgan fingerprint density at radius 3 is 2.67 bits per heavy atom. The molecule has 0 unspecified atom stereocenters. The molecule has 0 N–H and O–H groups in total. The van der Waals surface area contributed by atoms with Gasteiger partial charge in [0, 0.05) is 40.3 Å². The SMILES string of the molecule is CCn1cc(/C=C2\Oc3cc(OC(=O)Cc4ccc(Cl)cc4)ccc3C2=O)c2ccccc21. The third-order valence-electron chi connectivity index (χ3n) is 5.58. The Morgan fingerprint density at radius 2 is 1.88 bits per heavy atom. The number of hydrogen-bond acceptors (Lipinski definition) is 4. The van der Waals surface area contributed by atoms with Gasteiger partial charge in [0.1, 0.15) is 11.5 Å². The van der Waals surface area contributed by atoms with E-state index in [0.717, 1.165) is 28.6 Å². The van der Waals surface area contributed by atoms with Crippen molar-refractivity contribution in [1.82, 2.24) is 4.57 Å². The van der Waals surface area contributed by atoms with Crippen molar-refractivity contribution in [1.29, 1.82) is 0 Å². The summed E-state index contributed by atoms with van der Waals surface area (Å²) in [5.74, 6) is 0.336. The van der Waals surface area contributed by atoms with Crippen molar-refractivity contribution >= 4 is 40.3 Å². The van der Waals surface area contributed by atoms with E-state index < -0.39 is 5.97 Å². The van der Waals surface area contributed by atoms with Crippen LogP contribution in [0.5, 0.6) is 11.5 Å². The Hall–Kier alpha value is -3.83. The van der Waals surface area contributed by atoms with Crippen molar-refractivity contribution in [3.8, 4) is 11.5 Å². The quantitative estimate of drug-likeness (QED) is 0.207. The van der Waals surface area contributed by atoms with Gasteiger partial charge in [-0.05, 0) is 48.9 Å². The molecule has 0 aliphatic carbocycles. The number of rotatable bonds is 5. The number of hydrogen-bond donors (Lipinski definition) is 0. The number of fused-ring (bicyclic) bond motifs is 2. The van der Waals surface area contributed by atoms with Crippen LogP contribution in [0.15, 0.2) is 78.7 Å². The van der Waals surface area contributed by atoms with Gasteiger partial charge in [-0.1, -0.05) is 41.9 Å². The van der Waals surface area contributed by atoms with E-state index in [1.807, 2.05) is 24.4 Å². The average molecular weight is 458 g/mol. The fraction of sp³-hybridized carbons (Fsp3) is 0.111. The monoisotopic (exact) mass is 457 g/mol. The van der Waals surface area contributed by atoms with Crippen LogP contribution in [0.3, 0.4) is 0 Å². The van der Waals surface area contributed by atoms with Gasteiger partial charge in [-0.15, -0.1) is 0 Å². The number of carbonyl (C=O) groups excluding carboxylic acids is 2. The molecule has 5 nitrogen and oxygen atoms in total. The summed E-state index contributed by atoms with van der Waals surface area (Å²) < 4.78 is 13.4. The van der Waals surface area contributed by atoms with Crippen LogP contribution in [-0.2, 0) is 17.8 Å². The zero-order valence-electron chi connectivity index (χ0n) is 17.9. The minimum atomic E-state index is -0.412.